The molecule has 2 aromatic carbocycles. The third kappa shape index (κ3) is 6.15. The lowest BCUT2D eigenvalue weighted by atomic mass is 9.88. The molecule has 1 amide bonds. The molecule has 0 spiro atoms. The second kappa shape index (κ2) is 11.6. The lowest BCUT2D eigenvalue weighted by Gasteiger charge is -2.31. The van der Waals surface area contributed by atoms with Crippen molar-refractivity contribution in [3.05, 3.63) is 59.8 Å². The summed E-state index contributed by atoms with van der Waals surface area (Å²) in [5, 5.41) is 4.28. The van der Waals surface area contributed by atoms with E-state index in [1.54, 1.807) is 4.31 Å². The first-order chi connectivity index (χ1) is 17.3. The average molecular weight is 512 g/mol. The maximum atomic E-state index is 12.9. The van der Waals surface area contributed by atoms with Crippen molar-refractivity contribution in [1.82, 2.24) is 19.5 Å². The summed E-state index contributed by atoms with van der Waals surface area (Å²) < 4.78 is 27.4. The Morgan fingerprint density at radius 2 is 1.83 bits per heavy atom. The van der Waals surface area contributed by atoms with E-state index in [9.17, 15) is 13.2 Å². The second-order valence-corrected chi connectivity index (χ2v) is 11.9. The predicted octanol–water partition coefficient (Wildman–Crippen LogP) is 2.98. The number of hydrogen-bond acceptors (Lipinski definition) is 5. The van der Waals surface area contributed by atoms with Gasteiger partial charge in [-0.3, -0.25) is 4.79 Å². The van der Waals surface area contributed by atoms with E-state index in [-0.39, 0.29) is 11.7 Å². The number of nitrogens with zero attached hydrogens (tertiary/aromatic N) is 2. The maximum absolute atomic E-state index is 12.9. The zero-order chi connectivity index (χ0) is 25.7. The number of aromatic nitrogens is 1. The van der Waals surface area contributed by atoms with Crippen LogP contribution in [-0.2, 0) is 10.0 Å². The minimum atomic E-state index is -3.27. The van der Waals surface area contributed by atoms with Crippen molar-refractivity contribution < 1.29 is 13.2 Å². The molecular weight excluding hydrogens is 474 g/mol. The Morgan fingerprint density at radius 1 is 1.11 bits per heavy atom. The van der Waals surface area contributed by atoms with Crippen LogP contribution in [0.2, 0.25) is 0 Å². The summed E-state index contributed by atoms with van der Waals surface area (Å²) in [7, 11) is 0.769. The number of carbonyl (C=O) groups is 1. The van der Waals surface area contributed by atoms with Crippen LogP contribution in [0.25, 0.3) is 22.0 Å². The van der Waals surface area contributed by atoms with Crippen molar-refractivity contribution in [2.45, 2.75) is 25.2 Å². The molecule has 1 aliphatic rings. The van der Waals surface area contributed by atoms with Gasteiger partial charge in [0, 0.05) is 37.8 Å². The highest BCUT2D eigenvalue weighted by Gasteiger charge is 2.30. The van der Waals surface area contributed by atoms with Gasteiger partial charge in [0.2, 0.25) is 10.0 Å². The molecular formula is C27H37N5O3S. The molecule has 1 aromatic heterocycles. The van der Waals surface area contributed by atoms with Crippen LogP contribution in [0.15, 0.2) is 48.7 Å². The minimum absolute atomic E-state index is 0.169. The lowest BCUT2D eigenvalue weighted by Crippen LogP contribution is -2.39. The number of rotatable bonds is 11. The first-order valence-electron chi connectivity index (χ1n) is 12.6. The van der Waals surface area contributed by atoms with Gasteiger partial charge in [0.05, 0.1) is 16.8 Å². The summed E-state index contributed by atoms with van der Waals surface area (Å²) >= 11 is 0. The molecule has 0 bridgehead atoms. The Balaban J connectivity index is 1.44. The van der Waals surface area contributed by atoms with Gasteiger partial charge in [-0.25, -0.2) is 12.7 Å². The number of piperidine rings is 1. The highest BCUT2D eigenvalue weighted by molar-refractivity contribution is 7.89. The molecule has 8 nitrogen and oxygen atoms in total. The SMILES string of the molecule is CN(C)CCNCCCS(=O)(=O)N1CCC(c2c[nH]c3c(C(N)=O)cc(-c4ccccc4)cc23)CC1. The first-order valence-corrected chi connectivity index (χ1v) is 14.2. The van der Waals surface area contributed by atoms with Crippen LogP contribution in [0.5, 0.6) is 0 Å². The summed E-state index contributed by atoms with van der Waals surface area (Å²) in [6.45, 7) is 3.50. The molecule has 2 heterocycles. The lowest BCUT2D eigenvalue weighted by molar-refractivity contribution is 0.100. The van der Waals surface area contributed by atoms with Gasteiger partial charge in [0.15, 0.2) is 0 Å². The summed E-state index contributed by atoms with van der Waals surface area (Å²) in [5.41, 5.74) is 10.0. The van der Waals surface area contributed by atoms with Crippen LogP contribution < -0.4 is 11.1 Å². The summed E-state index contributed by atoms with van der Waals surface area (Å²) in [4.78, 5) is 17.6. The Bertz CT molecular complexity index is 1280. The maximum Gasteiger partial charge on any atom is 0.250 e. The van der Waals surface area contributed by atoms with Gasteiger partial charge in [-0.05, 0) is 74.6 Å². The van der Waals surface area contributed by atoms with Crippen molar-refractivity contribution in [3.8, 4) is 11.1 Å². The highest BCUT2D eigenvalue weighted by Crippen LogP contribution is 2.37. The number of benzene rings is 2. The average Bonchev–Trinajstić information content (AvgIpc) is 3.30. The van der Waals surface area contributed by atoms with Crippen molar-refractivity contribution in [3.63, 3.8) is 0 Å². The number of aromatic amines is 1. The number of nitrogens with two attached hydrogens (primary N) is 1. The fourth-order valence-electron chi connectivity index (χ4n) is 4.96. The van der Waals surface area contributed by atoms with Gasteiger partial charge >= 0.3 is 0 Å². The van der Waals surface area contributed by atoms with E-state index in [4.69, 9.17) is 5.73 Å². The number of nitrogens with one attached hydrogen (secondary N) is 2. The summed E-state index contributed by atoms with van der Waals surface area (Å²) in [5.74, 6) is -0.0878. The van der Waals surface area contributed by atoms with Gasteiger partial charge in [0.1, 0.15) is 0 Å². The molecule has 0 saturated carbocycles. The molecule has 1 fully saturated rings. The topological polar surface area (TPSA) is 112 Å². The first kappa shape index (κ1) is 26.3. The normalized spacial score (nSPS) is 15.6. The van der Waals surface area contributed by atoms with Crippen LogP contribution in [0.4, 0.5) is 0 Å². The van der Waals surface area contributed by atoms with E-state index in [0.29, 0.717) is 31.6 Å². The number of H-pyrrole nitrogens is 1. The smallest absolute Gasteiger partial charge is 0.250 e. The molecule has 1 aliphatic heterocycles. The number of likely N-dealkylation sites (N-methyl/N-ethyl adjacent to an activating group) is 1. The van der Waals surface area contributed by atoms with Gasteiger partial charge in [0.25, 0.3) is 5.91 Å². The number of sulfonamides is 1. The molecule has 9 heteroatoms. The van der Waals surface area contributed by atoms with Crippen LogP contribution in [0.1, 0.15) is 41.1 Å². The molecule has 0 radical (unpaired) electrons. The molecule has 0 aliphatic carbocycles. The zero-order valence-electron chi connectivity index (χ0n) is 21.2. The predicted molar refractivity (Wildman–Crippen MR) is 146 cm³/mol. The number of carbonyl (C=O) groups excluding carboxylic acids is 1. The Morgan fingerprint density at radius 3 is 2.50 bits per heavy atom. The fraction of sp³-hybridized carbons (Fsp3) is 0.444. The molecule has 3 aromatic rings. The molecule has 1 saturated heterocycles. The van der Waals surface area contributed by atoms with Crippen molar-refractivity contribution >= 4 is 26.8 Å². The minimum Gasteiger partial charge on any atom is -0.366 e. The highest BCUT2D eigenvalue weighted by atomic mass is 32.2. The third-order valence-corrected chi connectivity index (χ3v) is 8.93. The van der Waals surface area contributed by atoms with E-state index in [0.717, 1.165) is 53.5 Å². The number of primary amides is 1. The molecule has 194 valence electrons. The monoisotopic (exact) mass is 511 g/mol. The Hall–Kier alpha value is -2.72. The van der Waals surface area contributed by atoms with E-state index in [1.165, 1.54) is 0 Å². The quantitative estimate of drug-likeness (QED) is 0.343. The summed E-state index contributed by atoms with van der Waals surface area (Å²) in [6, 6.07) is 13.9. The Labute approximate surface area is 213 Å². The molecule has 0 unspecified atom stereocenters. The zero-order valence-corrected chi connectivity index (χ0v) is 22.0. The van der Waals surface area contributed by atoms with E-state index in [2.05, 4.69) is 21.3 Å². The molecule has 36 heavy (non-hydrogen) atoms. The number of amides is 1. The second-order valence-electron chi connectivity index (χ2n) is 9.82. The van der Waals surface area contributed by atoms with Gasteiger partial charge < -0.3 is 20.9 Å². The van der Waals surface area contributed by atoms with E-state index in [1.807, 2.05) is 56.7 Å². The van der Waals surface area contributed by atoms with Crippen LogP contribution in [-0.4, -0.2) is 81.1 Å². The number of hydrogen-bond donors (Lipinski definition) is 3. The molecule has 4 rings (SSSR count). The van der Waals surface area contributed by atoms with Crippen molar-refractivity contribution in [2.24, 2.45) is 5.73 Å². The Kier molecular flexibility index (Phi) is 8.46. The van der Waals surface area contributed by atoms with Crippen molar-refractivity contribution in [2.75, 3.05) is 52.6 Å². The van der Waals surface area contributed by atoms with E-state index >= 15 is 0 Å². The fourth-order valence-corrected chi connectivity index (χ4v) is 6.50. The molecule has 0 atom stereocenters. The van der Waals surface area contributed by atoms with E-state index < -0.39 is 15.9 Å². The molecule has 4 N–H and O–H groups in total. The van der Waals surface area contributed by atoms with Crippen molar-refractivity contribution in [1.29, 1.82) is 0 Å². The van der Waals surface area contributed by atoms with Crippen LogP contribution in [0, 0.1) is 0 Å². The summed E-state index contributed by atoms with van der Waals surface area (Å²) in [6.07, 6.45) is 4.06. The van der Waals surface area contributed by atoms with Gasteiger partial charge in [-0.1, -0.05) is 30.3 Å². The van der Waals surface area contributed by atoms with Crippen LogP contribution >= 0.6 is 0 Å². The van der Waals surface area contributed by atoms with Crippen LogP contribution in [0.3, 0.4) is 0 Å². The van der Waals surface area contributed by atoms with Gasteiger partial charge in [-0.2, -0.15) is 0 Å². The third-order valence-electron chi connectivity index (χ3n) is 6.97. The largest absolute Gasteiger partial charge is 0.366 e. The number of fused-ring (bicyclic) bond motifs is 1. The standard InChI is InChI=1S/C27H37N5O3S/c1-31(2)15-12-29-11-6-16-36(34,35)32-13-9-21(10-14-32)25-19-30-26-23(25)17-22(18-24(26)27(28)33)20-7-4-3-5-8-20/h3-5,7-8,17-19,21,29-30H,6,9-16H2,1-2H3,(H2,28,33). The van der Waals surface area contributed by atoms with Gasteiger partial charge in [-0.15, -0.1) is 0 Å².